The lowest BCUT2D eigenvalue weighted by Gasteiger charge is -2.11. The molecule has 0 aliphatic heterocycles. The van der Waals surface area contributed by atoms with E-state index in [-0.39, 0.29) is 0 Å². The normalized spacial score (nSPS) is 11.7. The van der Waals surface area contributed by atoms with Crippen molar-refractivity contribution in [1.29, 1.82) is 5.26 Å². The smallest absolute Gasteiger partial charge is 0.188 e. The van der Waals surface area contributed by atoms with Gasteiger partial charge < -0.3 is 22.7 Å². The lowest BCUT2D eigenvalue weighted by molar-refractivity contribution is 0.670. The summed E-state index contributed by atoms with van der Waals surface area (Å²) in [6.07, 6.45) is 0. The summed E-state index contributed by atoms with van der Waals surface area (Å²) in [5.41, 5.74) is 29.7. The standard InChI is InChI=1S/C55H33N3O.C55H33N3S/c56-34-35-28-39(36-23-26-51-48(31-36)44-16-7-9-20-50(44)57(51)41-12-3-1-4-13-41)30-40(29-35)37-24-27-52-49(32-37)45-25-22-38(33-53(45)58(52)42-14-5-2-6-15-42)43-18-11-19-47-46-17-8-10-21-54(46)59-55(43)47;1-56-40-30-38(35-23-26-51-47(32-35)44-17-8-10-21-50(44)57(51)41-13-4-2-5-14-41)29-39(31-40)36-24-27-52-48(33-36)49-34-37(25-28-53(49)58(52)42-15-6-3-7-16-42)43-19-12-20-46-45-18-9-11-22-54(45)59-55(43)46/h1-33H;2-34H. The molecule has 7 nitrogen and oxygen atoms in total. The molecule has 24 rings (SSSR count). The molecule has 0 saturated carbocycles. The molecule has 0 atom stereocenters. The summed E-state index contributed by atoms with van der Waals surface area (Å²) in [5, 5.41) is 24.6. The number of para-hydroxylation sites is 8. The van der Waals surface area contributed by atoms with E-state index in [0.717, 1.165) is 144 Å². The Morgan fingerprint density at radius 1 is 0.254 bits per heavy atom. The lowest BCUT2D eigenvalue weighted by Crippen LogP contribution is -1.93. The summed E-state index contributed by atoms with van der Waals surface area (Å²) < 4.78 is 18.5. The number of nitriles is 1. The van der Waals surface area contributed by atoms with Crippen LogP contribution in [0, 0.1) is 17.9 Å². The van der Waals surface area contributed by atoms with Gasteiger partial charge in [-0.25, -0.2) is 4.85 Å². The molecule has 0 amide bonds. The molecule has 6 aromatic heterocycles. The summed E-state index contributed by atoms with van der Waals surface area (Å²) in [7, 11) is 0. The van der Waals surface area contributed by atoms with E-state index in [0.29, 0.717) is 11.3 Å². The molecule has 24 aromatic rings. The van der Waals surface area contributed by atoms with Gasteiger partial charge in [-0.1, -0.05) is 224 Å². The van der Waals surface area contributed by atoms with Gasteiger partial charge in [-0.2, -0.15) is 5.26 Å². The third-order valence-electron chi connectivity index (χ3n) is 23.8. The highest BCUT2D eigenvalue weighted by Gasteiger charge is 2.23. The second-order valence-electron chi connectivity index (χ2n) is 30.5. The molecule has 0 bridgehead atoms. The third-order valence-corrected chi connectivity index (χ3v) is 25.0. The monoisotopic (exact) mass is 1520 g/mol. The summed E-state index contributed by atoms with van der Waals surface area (Å²) in [6.45, 7) is 8.15. The fraction of sp³-hybridized carbons (Fsp3) is 0. The Hall–Kier alpha value is -15.8. The third kappa shape index (κ3) is 11.1. The van der Waals surface area contributed by atoms with Crippen LogP contribution in [0.25, 0.3) is 224 Å². The first-order valence-electron chi connectivity index (χ1n) is 39.8. The fourth-order valence-corrected chi connectivity index (χ4v) is 19.7. The van der Waals surface area contributed by atoms with Crippen molar-refractivity contribution in [3.05, 3.63) is 417 Å². The Bertz CT molecular complexity index is 8320. The molecule has 0 spiro atoms. The van der Waals surface area contributed by atoms with Gasteiger partial charge >= 0.3 is 0 Å². The van der Waals surface area contributed by atoms with E-state index in [1.54, 1.807) is 0 Å². The summed E-state index contributed by atoms with van der Waals surface area (Å²) >= 11 is 1.87. The van der Waals surface area contributed by atoms with Gasteiger partial charge in [0.05, 0.1) is 62.3 Å². The average Bonchev–Trinajstić information content (AvgIpc) is 1.58. The van der Waals surface area contributed by atoms with Crippen molar-refractivity contribution < 1.29 is 4.42 Å². The summed E-state index contributed by atoms with van der Waals surface area (Å²) in [4.78, 5) is 3.98. The molecular formula is C110H66N6OS. The highest BCUT2D eigenvalue weighted by Crippen LogP contribution is 2.47. The van der Waals surface area contributed by atoms with Gasteiger partial charge in [0.2, 0.25) is 0 Å². The van der Waals surface area contributed by atoms with Crippen LogP contribution in [0.1, 0.15) is 5.56 Å². The second kappa shape index (κ2) is 27.5. The number of furan rings is 1. The lowest BCUT2D eigenvalue weighted by atomic mass is 9.94. The van der Waals surface area contributed by atoms with Crippen LogP contribution in [0.5, 0.6) is 0 Å². The minimum Gasteiger partial charge on any atom is -0.455 e. The number of thiophene rings is 1. The second-order valence-corrected chi connectivity index (χ2v) is 31.5. The van der Waals surface area contributed by atoms with E-state index < -0.39 is 0 Å². The summed E-state index contributed by atoms with van der Waals surface area (Å²) in [5.74, 6) is 0. The Labute approximate surface area is 682 Å². The number of benzene rings is 18. The van der Waals surface area contributed by atoms with Crippen molar-refractivity contribution >= 4 is 146 Å². The van der Waals surface area contributed by atoms with Gasteiger partial charge in [0.15, 0.2) is 5.69 Å². The Balaban J connectivity index is 0.000000138. The van der Waals surface area contributed by atoms with Crippen molar-refractivity contribution in [2.24, 2.45) is 0 Å². The van der Waals surface area contributed by atoms with Crippen molar-refractivity contribution in [3.8, 4) is 95.6 Å². The van der Waals surface area contributed by atoms with Gasteiger partial charge in [-0.3, -0.25) is 0 Å². The Morgan fingerprint density at radius 3 is 1.10 bits per heavy atom. The molecule has 18 aromatic carbocycles. The zero-order valence-corrected chi connectivity index (χ0v) is 64.4. The zero-order valence-electron chi connectivity index (χ0n) is 63.6. The van der Waals surface area contributed by atoms with Crippen LogP contribution >= 0.6 is 11.3 Å². The van der Waals surface area contributed by atoms with Crippen LogP contribution in [0.15, 0.2) is 405 Å². The molecule has 0 aliphatic carbocycles. The predicted octanol–water partition coefficient (Wildman–Crippen LogP) is 30.5. The largest absolute Gasteiger partial charge is 0.455 e. The zero-order chi connectivity index (χ0) is 78.1. The maximum Gasteiger partial charge on any atom is 0.188 e. The van der Waals surface area contributed by atoms with E-state index in [1.165, 1.54) is 74.6 Å². The van der Waals surface area contributed by atoms with Gasteiger partial charge in [0, 0.05) is 102 Å². The van der Waals surface area contributed by atoms with Crippen molar-refractivity contribution in [3.63, 3.8) is 0 Å². The quantitative estimate of drug-likeness (QED) is 0.128. The van der Waals surface area contributed by atoms with Crippen LogP contribution in [-0.4, -0.2) is 18.3 Å². The van der Waals surface area contributed by atoms with Crippen molar-refractivity contribution in [2.45, 2.75) is 0 Å². The number of fused-ring (bicyclic) bond motifs is 18. The van der Waals surface area contributed by atoms with Crippen molar-refractivity contribution in [1.82, 2.24) is 18.3 Å². The van der Waals surface area contributed by atoms with Gasteiger partial charge in [0.1, 0.15) is 11.2 Å². The molecular weight excluding hydrogens is 1450 g/mol. The fourth-order valence-electron chi connectivity index (χ4n) is 18.4. The molecule has 6 heterocycles. The highest BCUT2D eigenvalue weighted by atomic mass is 32.1. The maximum atomic E-state index is 10.3. The molecule has 0 fully saturated rings. The first kappa shape index (κ1) is 67.8. The van der Waals surface area contributed by atoms with Crippen LogP contribution in [0.3, 0.4) is 0 Å². The molecule has 548 valence electrons. The van der Waals surface area contributed by atoms with Crippen LogP contribution in [0.4, 0.5) is 5.69 Å². The van der Waals surface area contributed by atoms with E-state index in [2.05, 4.69) is 393 Å². The minimum absolute atomic E-state index is 0.620. The van der Waals surface area contributed by atoms with E-state index in [9.17, 15) is 5.26 Å². The average molecular weight is 1520 g/mol. The molecule has 8 heteroatoms. The maximum absolute atomic E-state index is 10.3. The molecule has 0 unspecified atom stereocenters. The summed E-state index contributed by atoms with van der Waals surface area (Å²) in [6, 6.07) is 145. The number of nitrogens with zero attached hydrogens (tertiary/aromatic N) is 6. The van der Waals surface area contributed by atoms with Crippen LogP contribution < -0.4 is 0 Å². The van der Waals surface area contributed by atoms with E-state index >= 15 is 0 Å². The minimum atomic E-state index is 0.620. The van der Waals surface area contributed by atoms with Gasteiger partial charge in [0.25, 0.3) is 0 Å². The van der Waals surface area contributed by atoms with Crippen LogP contribution in [0.2, 0.25) is 0 Å². The molecule has 0 saturated heterocycles. The van der Waals surface area contributed by atoms with Crippen molar-refractivity contribution in [2.75, 3.05) is 0 Å². The van der Waals surface area contributed by atoms with Crippen LogP contribution in [-0.2, 0) is 0 Å². The van der Waals surface area contributed by atoms with Gasteiger partial charge in [-0.05, 0) is 237 Å². The molecule has 0 aliphatic rings. The number of hydrogen-bond acceptors (Lipinski definition) is 3. The number of rotatable bonds is 10. The molecule has 0 N–H and O–H groups in total. The van der Waals surface area contributed by atoms with E-state index in [4.69, 9.17) is 11.0 Å². The topological polar surface area (TPSA) is 61.0 Å². The number of aromatic nitrogens is 4. The predicted molar refractivity (Wildman–Crippen MR) is 494 cm³/mol. The van der Waals surface area contributed by atoms with E-state index in [1.807, 2.05) is 47.7 Å². The SMILES string of the molecule is N#Cc1cc(-c2ccc3c(c2)c2ccccc2n3-c2ccccc2)cc(-c2ccc3c(c2)c2ccc(-c4cccc5c4oc4ccccc45)cc2n3-c2ccccc2)c1.[C-]#[N+]c1cc(-c2ccc3c(c2)c2ccccc2n3-c2ccccc2)cc(-c2ccc3c(c2)c2cc(-c4cccc5c4sc4ccccc45)ccc2n3-c2ccccc2)c1. The Morgan fingerprint density at radius 2 is 0.610 bits per heavy atom. The number of hydrogen-bond donors (Lipinski definition) is 0. The first-order valence-corrected chi connectivity index (χ1v) is 40.6. The molecule has 0 radical (unpaired) electrons. The Kier molecular flexibility index (Phi) is 15.8. The first-order chi connectivity index (χ1) is 58.4. The van der Waals surface area contributed by atoms with Gasteiger partial charge in [-0.15, -0.1) is 11.3 Å². The highest BCUT2D eigenvalue weighted by molar-refractivity contribution is 7.26. The molecule has 118 heavy (non-hydrogen) atoms.